The third-order valence-corrected chi connectivity index (χ3v) is 6.70. The van der Waals surface area contributed by atoms with Crippen LogP contribution in [0.5, 0.6) is 0 Å². The summed E-state index contributed by atoms with van der Waals surface area (Å²) in [7, 11) is 0. The van der Waals surface area contributed by atoms with Crippen molar-refractivity contribution in [3.63, 3.8) is 0 Å². The smallest absolute Gasteiger partial charge is 0.247 e. The Morgan fingerprint density at radius 2 is 2.11 bits per heavy atom. The zero-order chi connectivity index (χ0) is 19.7. The molecule has 3 aliphatic rings. The number of nitrogens with one attached hydrogen (secondary N) is 2. The lowest BCUT2D eigenvalue weighted by atomic mass is 9.78. The monoisotopic (exact) mass is 404 g/mol. The number of rotatable bonds is 4. The standard InChI is InChI=1S/C19H27ClF2N2O3/c1-9(12-3-2-11(21)8-14(12)22)23-17(26)7-10-6-13-15(24-19(10)27)4-5-16(25)18(13)20/h6,9,11-16,18,25H,2-5,7-8H2,1H3,(H,23,26)(H,24,27)/t9-,11?,12?,13?,14?,15?,16?,18?/m0/s1. The van der Waals surface area contributed by atoms with Crippen LogP contribution >= 0.6 is 11.6 Å². The van der Waals surface area contributed by atoms with E-state index >= 15 is 0 Å². The second kappa shape index (κ2) is 8.43. The molecule has 3 rings (SSSR count). The first-order valence-corrected chi connectivity index (χ1v) is 10.1. The molecule has 0 spiro atoms. The second-order valence-electron chi connectivity index (χ2n) is 8.06. The number of amides is 2. The minimum Gasteiger partial charge on any atom is -0.392 e. The van der Waals surface area contributed by atoms with Crippen molar-refractivity contribution in [2.45, 2.75) is 81.4 Å². The number of hydrogen-bond acceptors (Lipinski definition) is 3. The topological polar surface area (TPSA) is 78.4 Å². The number of carbonyl (C=O) groups is 2. The van der Waals surface area contributed by atoms with Crippen molar-refractivity contribution < 1.29 is 23.5 Å². The first-order valence-electron chi connectivity index (χ1n) is 9.67. The molecule has 5 nitrogen and oxygen atoms in total. The summed E-state index contributed by atoms with van der Waals surface area (Å²) >= 11 is 6.29. The maximum atomic E-state index is 14.1. The van der Waals surface area contributed by atoms with E-state index in [-0.39, 0.29) is 36.6 Å². The van der Waals surface area contributed by atoms with Crippen LogP contribution in [0.3, 0.4) is 0 Å². The van der Waals surface area contributed by atoms with E-state index in [2.05, 4.69) is 10.6 Å². The molecule has 0 saturated heterocycles. The van der Waals surface area contributed by atoms with Gasteiger partial charge in [0, 0.05) is 35.9 Å². The fraction of sp³-hybridized carbons (Fsp3) is 0.789. The van der Waals surface area contributed by atoms with Crippen LogP contribution in [0.25, 0.3) is 0 Å². The molecular formula is C19H27ClF2N2O3. The van der Waals surface area contributed by atoms with Gasteiger partial charge in [-0.3, -0.25) is 9.59 Å². The van der Waals surface area contributed by atoms with Crippen molar-refractivity contribution in [3.8, 4) is 0 Å². The highest BCUT2D eigenvalue weighted by Crippen LogP contribution is 2.34. The van der Waals surface area contributed by atoms with E-state index in [9.17, 15) is 23.5 Å². The molecule has 3 N–H and O–H groups in total. The van der Waals surface area contributed by atoms with Crippen molar-refractivity contribution in [2.24, 2.45) is 11.8 Å². The number of halogens is 3. The van der Waals surface area contributed by atoms with Gasteiger partial charge < -0.3 is 15.7 Å². The van der Waals surface area contributed by atoms with Crippen LogP contribution in [-0.2, 0) is 9.59 Å². The number of aliphatic hydroxyl groups is 1. The van der Waals surface area contributed by atoms with Gasteiger partial charge in [0.05, 0.1) is 17.9 Å². The molecule has 0 aromatic carbocycles. The van der Waals surface area contributed by atoms with E-state index in [1.807, 2.05) is 0 Å². The molecule has 0 radical (unpaired) electrons. The molecule has 8 atom stereocenters. The van der Waals surface area contributed by atoms with Crippen LogP contribution in [0.1, 0.15) is 45.4 Å². The van der Waals surface area contributed by atoms with Crippen molar-refractivity contribution in [1.29, 1.82) is 0 Å². The van der Waals surface area contributed by atoms with E-state index in [1.165, 1.54) is 0 Å². The molecule has 0 bridgehead atoms. The SMILES string of the molecule is C[C@H](NC(=O)CC1=CC2C(CCC(O)C2Cl)NC1=O)C1CCC(F)CC1F. The summed E-state index contributed by atoms with van der Waals surface area (Å²) in [5.41, 5.74) is 0.310. The van der Waals surface area contributed by atoms with Gasteiger partial charge in [-0.05, 0) is 32.6 Å². The molecule has 27 heavy (non-hydrogen) atoms. The average molecular weight is 405 g/mol. The summed E-state index contributed by atoms with van der Waals surface area (Å²) in [6.07, 6.45) is 0.284. The molecule has 2 aliphatic carbocycles. The Kier molecular flexibility index (Phi) is 6.41. The van der Waals surface area contributed by atoms with Crippen LogP contribution in [-0.4, -0.2) is 52.8 Å². The van der Waals surface area contributed by atoms with Crippen molar-refractivity contribution in [3.05, 3.63) is 11.6 Å². The van der Waals surface area contributed by atoms with Gasteiger partial charge in [-0.15, -0.1) is 11.6 Å². The minimum atomic E-state index is -1.28. The Balaban J connectivity index is 1.59. The minimum absolute atomic E-state index is 0.124. The highest BCUT2D eigenvalue weighted by molar-refractivity contribution is 6.21. The Morgan fingerprint density at radius 1 is 1.37 bits per heavy atom. The van der Waals surface area contributed by atoms with Gasteiger partial charge in [0.15, 0.2) is 0 Å². The molecule has 2 amide bonds. The van der Waals surface area contributed by atoms with Crippen molar-refractivity contribution in [1.82, 2.24) is 10.6 Å². The number of alkyl halides is 3. The van der Waals surface area contributed by atoms with Gasteiger partial charge in [-0.25, -0.2) is 8.78 Å². The highest BCUT2D eigenvalue weighted by Gasteiger charge is 2.41. The summed E-state index contributed by atoms with van der Waals surface area (Å²) < 4.78 is 27.4. The molecule has 152 valence electrons. The Hall–Kier alpha value is -1.21. The molecule has 0 aromatic heterocycles. The molecule has 0 aromatic rings. The lowest BCUT2D eigenvalue weighted by Gasteiger charge is -2.40. The second-order valence-corrected chi connectivity index (χ2v) is 8.57. The van der Waals surface area contributed by atoms with Gasteiger partial charge in [0.1, 0.15) is 12.3 Å². The van der Waals surface area contributed by atoms with Crippen LogP contribution < -0.4 is 10.6 Å². The maximum Gasteiger partial charge on any atom is 0.247 e. The van der Waals surface area contributed by atoms with E-state index in [0.29, 0.717) is 31.3 Å². The van der Waals surface area contributed by atoms with Crippen LogP contribution in [0.2, 0.25) is 0 Å². The molecule has 2 fully saturated rings. The number of fused-ring (bicyclic) bond motifs is 1. The van der Waals surface area contributed by atoms with E-state index in [4.69, 9.17) is 11.6 Å². The Labute approximate surface area is 162 Å². The summed E-state index contributed by atoms with van der Waals surface area (Å²) in [5.74, 6) is -1.32. The third-order valence-electron chi connectivity index (χ3n) is 6.12. The van der Waals surface area contributed by atoms with E-state index in [0.717, 1.165) is 0 Å². The quantitative estimate of drug-likeness (QED) is 0.628. The van der Waals surface area contributed by atoms with Crippen LogP contribution in [0.15, 0.2) is 11.6 Å². The zero-order valence-corrected chi connectivity index (χ0v) is 16.1. The van der Waals surface area contributed by atoms with Crippen LogP contribution in [0, 0.1) is 11.8 Å². The predicted molar refractivity (Wildman–Crippen MR) is 97.7 cm³/mol. The number of aliphatic hydroxyl groups excluding tert-OH is 1. The molecule has 1 aliphatic heterocycles. The lowest BCUT2D eigenvalue weighted by Crippen LogP contribution is -2.53. The van der Waals surface area contributed by atoms with Crippen LogP contribution in [0.4, 0.5) is 8.78 Å². The van der Waals surface area contributed by atoms with Gasteiger partial charge in [-0.2, -0.15) is 0 Å². The summed E-state index contributed by atoms with van der Waals surface area (Å²) in [6, 6.07) is -0.561. The molecule has 8 heteroatoms. The maximum absolute atomic E-state index is 14.1. The van der Waals surface area contributed by atoms with Crippen molar-refractivity contribution >= 4 is 23.4 Å². The normalized spacial score (nSPS) is 40.4. The Bertz CT molecular complexity index is 618. The molecular weight excluding hydrogens is 378 g/mol. The largest absolute Gasteiger partial charge is 0.392 e. The van der Waals surface area contributed by atoms with E-state index in [1.54, 1.807) is 13.0 Å². The third kappa shape index (κ3) is 4.62. The van der Waals surface area contributed by atoms with Gasteiger partial charge >= 0.3 is 0 Å². The van der Waals surface area contributed by atoms with E-state index < -0.39 is 35.8 Å². The van der Waals surface area contributed by atoms with Gasteiger partial charge in [0.2, 0.25) is 11.8 Å². The average Bonchev–Trinajstić information content (AvgIpc) is 2.59. The summed E-state index contributed by atoms with van der Waals surface area (Å²) in [4.78, 5) is 24.7. The Morgan fingerprint density at radius 3 is 2.81 bits per heavy atom. The molecule has 2 saturated carbocycles. The predicted octanol–water partition coefficient (Wildman–Crippen LogP) is 2.16. The van der Waals surface area contributed by atoms with Gasteiger partial charge in [-0.1, -0.05) is 6.08 Å². The number of hydrogen-bond donors (Lipinski definition) is 3. The zero-order valence-electron chi connectivity index (χ0n) is 15.3. The molecule has 1 heterocycles. The first-order chi connectivity index (χ1) is 12.8. The first kappa shape index (κ1) is 20.5. The number of carbonyl (C=O) groups excluding carboxylic acids is 2. The fourth-order valence-electron chi connectivity index (χ4n) is 4.50. The highest BCUT2D eigenvalue weighted by atomic mass is 35.5. The van der Waals surface area contributed by atoms with Gasteiger partial charge in [0.25, 0.3) is 0 Å². The molecule has 7 unspecified atom stereocenters. The van der Waals surface area contributed by atoms with Crippen molar-refractivity contribution in [2.75, 3.05) is 0 Å². The fourth-order valence-corrected chi connectivity index (χ4v) is 4.88. The lowest BCUT2D eigenvalue weighted by molar-refractivity contribution is -0.125. The summed E-state index contributed by atoms with van der Waals surface area (Å²) in [5, 5.41) is 15.1. The summed E-state index contributed by atoms with van der Waals surface area (Å²) in [6.45, 7) is 1.71.